The summed E-state index contributed by atoms with van der Waals surface area (Å²) in [5, 5.41) is 11.3. The van der Waals surface area contributed by atoms with Gasteiger partial charge in [0.05, 0.1) is 25.3 Å². The highest BCUT2D eigenvalue weighted by molar-refractivity contribution is 6.46. The number of carbonyl (C=O) groups is 2. The molecule has 6 nitrogen and oxygen atoms in total. The first-order chi connectivity index (χ1) is 17.6. The molecule has 0 aliphatic carbocycles. The highest BCUT2D eigenvalue weighted by Crippen LogP contribution is 2.41. The summed E-state index contributed by atoms with van der Waals surface area (Å²) in [6, 6.07) is 21.4. The van der Waals surface area contributed by atoms with Crippen LogP contribution >= 0.6 is 0 Å². The molecule has 3 aromatic rings. The topological polar surface area (TPSA) is 76.1 Å². The molecule has 6 heteroatoms. The third kappa shape index (κ3) is 5.38. The fourth-order valence-corrected chi connectivity index (χ4v) is 4.51. The van der Waals surface area contributed by atoms with Gasteiger partial charge in [0.15, 0.2) is 0 Å². The number of ketones is 1. The molecule has 4 rings (SSSR count). The van der Waals surface area contributed by atoms with E-state index in [-0.39, 0.29) is 23.3 Å². The molecule has 1 fully saturated rings. The summed E-state index contributed by atoms with van der Waals surface area (Å²) < 4.78 is 10.7. The predicted octanol–water partition coefficient (Wildman–Crippen LogP) is 6.01. The molecular formula is C31H33NO5. The molecule has 1 aliphatic heterocycles. The minimum atomic E-state index is -0.734. The molecule has 0 aromatic heterocycles. The van der Waals surface area contributed by atoms with Crippen LogP contribution in [0.3, 0.4) is 0 Å². The maximum Gasteiger partial charge on any atom is 0.295 e. The van der Waals surface area contributed by atoms with Crippen molar-refractivity contribution in [2.75, 3.05) is 13.7 Å². The van der Waals surface area contributed by atoms with Crippen LogP contribution < -0.4 is 9.47 Å². The van der Waals surface area contributed by atoms with E-state index in [1.807, 2.05) is 55.5 Å². The number of ether oxygens (including phenoxy) is 2. The summed E-state index contributed by atoms with van der Waals surface area (Å²) >= 11 is 0. The Kier molecular flexibility index (Phi) is 7.39. The molecular weight excluding hydrogens is 466 g/mol. The van der Waals surface area contributed by atoms with Crippen molar-refractivity contribution in [2.24, 2.45) is 0 Å². The van der Waals surface area contributed by atoms with Crippen LogP contribution in [0.5, 0.6) is 11.5 Å². The molecule has 1 heterocycles. The summed E-state index contributed by atoms with van der Waals surface area (Å²) in [5.41, 5.74) is 3.21. The van der Waals surface area contributed by atoms with Crippen LogP contribution in [0.4, 0.5) is 0 Å². The van der Waals surface area contributed by atoms with Crippen molar-refractivity contribution in [3.63, 3.8) is 0 Å². The van der Waals surface area contributed by atoms with Crippen LogP contribution in [0.2, 0.25) is 0 Å². The van der Waals surface area contributed by atoms with Crippen molar-refractivity contribution in [1.82, 2.24) is 4.90 Å². The summed E-state index contributed by atoms with van der Waals surface area (Å²) in [5.74, 6) is -0.193. The average molecular weight is 500 g/mol. The summed E-state index contributed by atoms with van der Waals surface area (Å²) in [6.07, 6.45) is 0. The van der Waals surface area contributed by atoms with E-state index in [0.717, 1.165) is 22.4 Å². The Bertz CT molecular complexity index is 1300. The Balaban J connectivity index is 1.80. The van der Waals surface area contributed by atoms with E-state index in [1.54, 1.807) is 31.4 Å². The fraction of sp³-hybridized carbons (Fsp3) is 0.290. The number of benzene rings is 3. The van der Waals surface area contributed by atoms with E-state index in [9.17, 15) is 14.7 Å². The van der Waals surface area contributed by atoms with Gasteiger partial charge in [0.2, 0.25) is 0 Å². The molecule has 0 spiro atoms. The lowest BCUT2D eigenvalue weighted by Gasteiger charge is -2.26. The fourth-order valence-electron chi connectivity index (χ4n) is 4.51. The first-order valence-corrected chi connectivity index (χ1v) is 12.4. The monoisotopic (exact) mass is 499 g/mol. The Morgan fingerprint density at radius 3 is 2.03 bits per heavy atom. The van der Waals surface area contributed by atoms with Crippen LogP contribution in [0, 0.1) is 0 Å². The van der Waals surface area contributed by atoms with Crippen molar-refractivity contribution in [3.05, 3.63) is 101 Å². The van der Waals surface area contributed by atoms with E-state index in [4.69, 9.17) is 9.47 Å². The number of aliphatic hydroxyl groups is 1. The third-order valence-corrected chi connectivity index (χ3v) is 6.58. The van der Waals surface area contributed by atoms with Crippen LogP contribution in [0.15, 0.2) is 78.4 Å². The predicted molar refractivity (Wildman–Crippen MR) is 144 cm³/mol. The second kappa shape index (κ2) is 10.5. The van der Waals surface area contributed by atoms with E-state index < -0.39 is 17.7 Å². The van der Waals surface area contributed by atoms with Crippen LogP contribution in [-0.2, 0) is 21.5 Å². The number of amides is 1. The largest absolute Gasteiger partial charge is 0.507 e. The van der Waals surface area contributed by atoms with Crippen molar-refractivity contribution in [1.29, 1.82) is 0 Å². The molecule has 1 atom stereocenters. The van der Waals surface area contributed by atoms with Crippen LogP contribution in [0.25, 0.3) is 5.76 Å². The molecule has 0 bridgehead atoms. The Morgan fingerprint density at radius 2 is 1.49 bits per heavy atom. The van der Waals surface area contributed by atoms with Gasteiger partial charge in [-0.25, -0.2) is 0 Å². The van der Waals surface area contributed by atoms with Gasteiger partial charge in [0.25, 0.3) is 11.7 Å². The SMILES string of the molecule is CCOc1ccc(CN2C(=O)C(=O)/C(=C(\O)c3ccc(OC)cc3)C2c2ccc(C(C)(C)C)cc2)cc1. The van der Waals surface area contributed by atoms with Gasteiger partial charge in [-0.05, 0) is 65.4 Å². The van der Waals surface area contributed by atoms with Crippen LogP contribution in [0.1, 0.15) is 56.0 Å². The lowest BCUT2D eigenvalue weighted by Crippen LogP contribution is -2.29. The van der Waals surface area contributed by atoms with Gasteiger partial charge in [-0.15, -0.1) is 0 Å². The first-order valence-electron chi connectivity index (χ1n) is 12.4. The molecule has 1 unspecified atom stereocenters. The smallest absolute Gasteiger partial charge is 0.295 e. The number of nitrogens with zero attached hydrogens (tertiary/aromatic N) is 1. The molecule has 3 aromatic carbocycles. The highest BCUT2D eigenvalue weighted by atomic mass is 16.5. The molecule has 0 saturated carbocycles. The Hall–Kier alpha value is -4.06. The van der Waals surface area contributed by atoms with Crippen molar-refractivity contribution in [3.8, 4) is 11.5 Å². The van der Waals surface area contributed by atoms with Crippen molar-refractivity contribution in [2.45, 2.75) is 45.7 Å². The number of Topliss-reactive ketones (excluding diaryl/α,β-unsaturated/α-hetero) is 1. The second-order valence-corrected chi connectivity index (χ2v) is 10.1. The minimum Gasteiger partial charge on any atom is -0.507 e. The van der Waals surface area contributed by atoms with E-state index in [0.29, 0.717) is 17.9 Å². The molecule has 1 N–H and O–H groups in total. The zero-order valence-electron chi connectivity index (χ0n) is 21.9. The van der Waals surface area contributed by atoms with E-state index >= 15 is 0 Å². The standard InChI is InChI=1S/C31H33NO5/c1-6-37-25-15-7-20(8-16-25)19-32-27(21-9-13-23(14-10-21)31(2,3)4)26(29(34)30(32)35)28(33)22-11-17-24(36-5)18-12-22/h7-18,27,33H,6,19H2,1-5H3/b28-26-. The number of aliphatic hydroxyl groups excluding tert-OH is 1. The van der Waals surface area contributed by atoms with E-state index in [2.05, 4.69) is 20.8 Å². The quantitative estimate of drug-likeness (QED) is 0.245. The van der Waals surface area contributed by atoms with Gasteiger partial charge in [-0.1, -0.05) is 57.2 Å². The molecule has 1 amide bonds. The zero-order chi connectivity index (χ0) is 26.7. The minimum absolute atomic E-state index is 0.0499. The van der Waals surface area contributed by atoms with Gasteiger partial charge in [0, 0.05) is 12.1 Å². The number of hydrogen-bond acceptors (Lipinski definition) is 5. The third-order valence-electron chi connectivity index (χ3n) is 6.58. The molecule has 1 aliphatic rings. The number of likely N-dealkylation sites (tertiary alicyclic amines) is 1. The maximum atomic E-state index is 13.3. The molecule has 1 saturated heterocycles. The number of carbonyl (C=O) groups excluding carboxylic acids is 2. The van der Waals surface area contributed by atoms with Gasteiger partial charge in [-0.3, -0.25) is 9.59 Å². The van der Waals surface area contributed by atoms with Gasteiger partial charge in [0.1, 0.15) is 17.3 Å². The summed E-state index contributed by atoms with van der Waals surface area (Å²) in [7, 11) is 1.56. The van der Waals surface area contributed by atoms with Crippen LogP contribution in [-0.4, -0.2) is 35.4 Å². The highest BCUT2D eigenvalue weighted by Gasteiger charge is 2.46. The average Bonchev–Trinajstić information content (AvgIpc) is 3.14. The Labute approximate surface area is 218 Å². The van der Waals surface area contributed by atoms with Crippen molar-refractivity contribution >= 4 is 17.4 Å². The summed E-state index contributed by atoms with van der Waals surface area (Å²) in [6.45, 7) is 9.07. The van der Waals surface area contributed by atoms with Gasteiger partial charge in [-0.2, -0.15) is 0 Å². The normalized spacial score (nSPS) is 17.2. The van der Waals surface area contributed by atoms with Gasteiger partial charge >= 0.3 is 0 Å². The summed E-state index contributed by atoms with van der Waals surface area (Å²) in [4.78, 5) is 28.2. The van der Waals surface area contributed by atoms with E-state index in [1.165, 1.54) is 4.90 Å². The zero-order valence-corrected chi connectivity index (χ0v) is 21.9. The number of rotatable bonds is 7. The molecule has 37 heavy (non-hydrogen) atoms. The lowest BCUT2D eigenvalue weighted by atomic mass is 9.85. The maximum absolute atomic E-state index is 13.3. The second-order valence-electron chi connectivity index (χ2n) is 10.1. The van der Waals surface area contributed by atoms with Gasteiger partial charge < -0.3 is 19.5 Å². The first kappa shape index (κ1) is 26.0. The number of methoxy groups -OCH3 is 1. The lowest BCUT2D eigenvalue weighted by molar-refractivity contribution is -0.140. The molecule has 192 valence electrons. The van der Waals surface area contributed by atoms with Crippen molar-refractivity contribution < 1.29 is 24.2 Å². The Morgan fingerprint density at radius 1 is 0.892 bits per heavy atom. The molecule has 0 radical (unpaired) electrons. The number of hydrogen-bond donors (Lipinski definition) is 1.